The number of alkyl halides is 3. The van der Waals surface area contributed by atoms with E-state index in [4.69, 9.17) is 0 Å². The van der Waals surface area contributed by atoms with Crippen molar-refractivity contribution in [1.29, 1.82) is 0 Å². The summed E-state index contributed by atoms with van der Waals surface area (Å²) >= 11 is 3.00. The molecule has 2 aromatic rings. The summed E-state index contributed by atoms with van der Waals surface area (Å²) in [5.74, 6) is -1.58. The minimum atomic E-state index is -4.64. The fourth-order valence-corrected chi connectivity index (χ4v) is 2.23. The van der Waals surface area contributed by atoms with Crippen LogP contribution in [0.25, 0.3) is 0 Å². The van der Waals surface area contributed by atoms with Crippen molar-refractivity contribution in [3.63, 3.8) is 0 Å². The van der Waals surface area contributed by atoms with Crippen LogP contribution in [0.2, 0.25) is 0 Å². The van der Waals surface area contributed by atoms with Crippen LogP contribution in [0.3, 0.4) is 0 Å². The molecule has 0 aliphatic heterocycles. The highest BCUT2D eigenvalue weighted by Gasteiger charge is 2.35. The van der Waals surface area contributed by atoms with Gasteiger partial charge in [-0.25, -0.2) is 4.39 Å². The van der Waals surface area contributed by atoms with Gasteiger partial charge < -0.3 is 0 Å². The molecule has 0 heterocycles. The van der Waals surface area contributed by atoms with Gasteiger partial charge in [-0.1, -0.05) is 34.1 Å². The smallest absolute Gasteiger partial charge is 0.289 e. The van der Waals surface area contributed by atoms with Gasteiger partial charge in [-0.2, -0.15) is 13.2 Å². The molecule has 0 radical (unpaired) electrons. The zero-order chi connectivity index (χ0) is 14.9. The highest BCUT2D eigenvalue weighted by Crippen LogP contribution is 2.33. The first-order chi connectivity index (χ1) is 9.29. The average Bonchev–Trinajstić information content (AvgIpc) is 2.35. The average molecular weight is 347 g/mol. The summed E-state index contributed by atoms with van der Waals surface area (Å²) < 4.78 is 52.1. The van der Waals surface area contributed by atoms with Crippen LogP contribution < -0.4 is 0 Å². The van der Waals surface area contributed by atoms with Crippen LogP contribution in [0.4, 0.5) is 17.6 Å². The third kappa shape index (κ3) is 3.07. The Morgan fingerprint density at radius 2 is 1.70 bits per heavy atom. The van der Waals surface area contributed by atoms with E-state index in [1.54, 1.807) is 0 Å². The Bertz CT molecular complexity index is 644. The molecule has 0 bridgehead atoms. The maximum Gasteiger partial charge on any atom is 0.417 e. The first-order valence-electron chi connectivity index (χ1n) is 5.46. The van der Waals surface area contributed by atoms with Gasteiger partial charge in [-0.15, -0.1) is 0 Å². The van der Waals surface area contributed by atoms with Crippen LogP contribution in [0.1, 0.15) is 21.5 Å². The van der Waals surface area contributed by atoms with Gasteiger partial charge >= 0.3 is 6.18 Å². The van der Waals surface area contributed by atoms with Crippen LogP contribution in [0, 0.1) is 5.82 Å². The van der Waals surface area contributed by atoms with E-state index in [1.165, 1.54) is 18.2 Å². The molecule has 2 aromatic carbocycles. The summed E-state index contributed by atoms with van der Waals surface area (Å²) in [6, 6.07) is 7.72. The highest BCUT2D eigenvalue weighted by atomic mass is 79.9. The molecule has 0 N–H and O–H groups in total. The Morgan fingerprint density at radius 3 is 2.30 bits per heavy atom. The minimum absolute atomic E-state index is 0.145. The molecule has 0 saturated carbocycles. The number of hydrogen-bond donors (Lipinski definition) is 0. The minimum Gasteiger partial charge on any atom is -0.289 e. The molecule has 0 aliphatic rings. The van der Waals surface area contributed by atoms with Crippen LogP contribution in [0.5, 0.6) is 0 Å². The summed E-state index contributed by atoms with van der Waals surface area (Å²) in [4.78, 5) is 12.1. The van der Waals surface area contributed by atoms with Gasteiger partial charge in [0, 0.05) is 15.6 Å². The number of ketones is 1. The zero-order valence-corrected chi connectivity index (χ0v) is 11.4. The predicted octanol–water partition coefficient (Wildman–Crippen LogP) is 4.84. The van der Waals surface area contributed by atoms with Crippen LogP contribution in [-0.4, -0.2) is 5.78 Å². The Hall–Kier alpha value is -1.69. The second-order valence-electron chi connectivity index (χ2n) is 4.03. The topological polar surface area (TPSA) is 17.1 Å². The van der Waals surface area contributed by atoms with Gasteiger partial charge in [0.05, 0.1) is 5.56 Å². The standard InChI is InChI=1S/C14H7BrF4O/c15-9-5-8(6-10(16)7-9)13(20)11-3-1-2-4-12(11)14(17,18)19/h1-7H. The second kappa shape index (κ2) is 5.36. The molecule has 20 heavy (non-hydrogen) atoms. The van der Waals surface area contributed by atoms with Gasteiger partial charge in [0.15, 0.2) is 5.78 Å². The Labute approximate surface area is 120 Å². The van der Waals surface area contributed by atoms with Gasteiger partial charge in [0.2, 0.25) is 0 Å². The second-order valence-corrected chi connectivity index (χ2v) is 4.95. The predicted molar refractivity (Wildman–Crippen MR) is 69.0 cm³/mol. The van der Waals surface area contributed by atoms with Gasteiger partial charge in [-0.3, -0.25) is 4.79 Å². The number of halogens is 5. The van der Waals surface area contributed by atoms with E-state index in [9.17, 15) is 22.4 Å². The Balaban J connectivity index is 2.54. The Kier molecular flexibility index (Phi) is 3.94. The molecular weight excluding hydrogens is 340 g/mol. The van der Waals surface area contributed by atoms with Crippen molar-refractivity contribution in [2.24, 2.45) is 0 Å². The van der Waals surface area contributed by atoms with Crippen molar-refractivity contribution in [3.05, 3.63) is 69.4 Å². The third-order valence-corrected chi connectivity index (χ3v) is 3.06. The summed E-state index contributed by atoms with van der Waals surface area (Å²) in [5, 5.41) is 0. The van der Waals surface area contributed by atoms with E-state index in [1.807, 2.05) is 0 Å². The number of benzene rings is 2. The molecule has 0 spiro atoms. The number of hydrogen-bond acceptors (Lipinski definition) is 1. The van der Waals surface area contributed by atoms with Gasteiger partial charge in [0.1, 0.15) is 5.82 Å². The van der Waals surface area contributed by atoms with E-state index in [0.717, 1.165) is 24.3 Å². The lowest BCUT2D eigenvalue weighted by molar-refractivity contribution is -0.137. The van der Waals surface area contributed by atoms with Crippen molar-refractivity contribution in [2.75, 3.05) is 0 Å². The molecule has 0 amide bonds. The molecule has 0 aliphatic carbocycles. The number of carbonyl (C=O) groups excluding carboxylic acids is 1. The molecule has 104 valence electrons. The van der Waals surface area contributed by atoms with Crippen molar-refractivity contribution in [1.82, 2.24) is 0 Å². The summed E-state index contributed by atoms with van der Waals surface area (Å²) in [6.07, 6.45) is -4.64. The normalized spacial score (nSPS) is 11.4. The van der Waals surface area contributed by atoms with E-state index in [0.29, 0.717) is 0 Å². The molecule has 2 rings (SSSR count). The summed E-state index contributed by atoms with van der Waals surface area (Å²) in [7, 11) is 0. The SMILES string of the molecule is O=C(c1cc(F)cc(Br)c1)c1ccccc1C(F)(F)F. The molecular formula is C14H7BrF4O. The molecule has 1 nitrogen and oxygen atoms in total. The number of rotatable bonds is 2. The first kappa shape index (κ1) is 14.7. The maximum atomic E-state index is 13.2. The third-order valence-electron chi connectivity index (χ3n) is 2.60. The maximum absolute atomic E-state index is 13.2. The molecule has 0 saturated heterocycles. The van der Waals surface area contributed by atoms with E-state index in [2.05, 4.69) is 15.9 Å². The molecule has 0 aromatic heterocycles. The number of carbonyl (C=O) groups is 1. The molecule has 0 fully saturated rings. The first-order valence-corrected chi connectivity index (χ1v) is 6.25. The molecule has 0 unspecified atom stereocenters. The van der Waals surface area contributed by atoms with E-state index < -0.39 is 28.9 Å². The fraction of sp³-hybridized carbons (Fsp3) is 0.0714. The van der Waals surface area contributed by atoms with Crippen molar-refractivity contribution in [2.45, 2.75) is 6.18 Å². The molecule has 6 heteroatoms. The summed E-state index contributed by atoms with van der Waals surface area (Å²) in [6.45, 7) is 0. The van der Waals surface area contributed by atoms with E-state index in [-0.39, 0.29) is 10.0 Å². The van der Waals surface area contributed by atoms with Crippen molar-refractivity contribution in [3.8, 4) is 0 Å². The highest BCUT2D eigenvalue weighted by molar-refractivity contribution is 9.10. The quantitative estimate of drug-likeness (QED) is 0.561. The van der Waals surface area contributed by atoms with Crippen LogP contribution in [-0.2, 0) is 6.18 Å². The van der Waals surface area contributed by atoms with Crippen molar-refractivity contribution >= 4 is 21.7 Å². The monoisotopic (exact) mass is 346 g/mol. The Morgan fingerprint density at radius 1 is 1.05 bits per heavy atom. The lowest BCUT2D eigenvalue weighted by Gasteiger charge is -2.12. The lowest BCUT2D eigenvalue weighted by Crippen LogP contribution is -2.13. The summed E-state index contributed by atoms with van der Waals surface area (Å²) in [5.41, 5.74) is -1.68. The molecule has 0 atom stereocenters. The van der Waals surface area contributed by atoms with Gasteiger partial charge in [-0.05, 0) is 24.3 Å². The largest absolute Gasteiger partial charge is 0.417 e. The fourth-order valence-electron chi connectivity index (χ4n) is 1.77. The zero-order valence-electron chi connectivity index (χ0n) is 9.84. The van der Waals surface area contributed by atoms with Crippen molar-refractivity contribution < 1.29 is 22.4 Å². The van der Waals surface area contributed by atoms with Crippen LogP contribution in [0.15, 0.2) is 46.9 Å². The van der Waals surface area contributed by atoms with Crippen LogP contribution >= 0.6 is 15.9 Å². The van der Waals surface area contributed by atoms with E-state index >= 15 is 0 Å². The lowest BCUT2D eigenvalue weighted by atomic mass is 9.98. The van der Waals surface area contributed by atoms with Gasteiger partial charge in [0.25, 0.3) is 0 Å².